The first-order valence-corrected chi connectivity index (χ1v) is 14.3. The molecule has 2 aliphatic rings. The minimum absolute atomic E-state index is 0.0186. The summed E-state index contributed by atoms with van der Waals surface area (Å²) in [5.74, 6) is 0.736. The van der Waals surface area contributed by atoms with Gasteiger partial charge in [0.1, 0.15) is 0 Å². The van der Waals surface area contributed by atoms with E-state index < -0.39 is 6.16 Å². The van der Waals surface area contributed by atoms with Crippen molar-refractivity contribution in [2.75, 3.05) is 13.1 Å². The number of rotatable bonds is 10. The Bertz CT molecular complexity index is 1090. The van der Waals surface area contributed by atoms with Gasteiger partial charge in [-0.2, -0.15) is 0 Å². The van der Waals surface area contributed by atoms with E-state index >= 15 is 0 Å². The summed E-state index contributed by atoms with van der Waals surface area (Å²) in [7, 11) is 0. The molecule has 1 aliphatic heterocycles. The van der Waals surface area contributed by atoms with Gasteiger partial charge in [0.25, 0.3) is 0 Å². The van der Waals surface area contributed by atoms with Crippen molar-refractivity contribution in [2.24, 2.45) is 5.92 Å². The summed E-state index contributed by atoms with van der Waals surface area (Å²) in [5.41, 5.74) is 5.24. The fourth-order valence-electron chi connectivity index (χ4n) is 5.68. The van der Waals surface area contributed by atoms with Crippen molar-refractivity contribution in [2.45, 2.75) is 84.2 Å². The van der Waals surface area contributed by atoms with Gasteiger partial charge in [-0.05, 0) is 79.8 Å². The molecule has 1 heterocycles. The van der Waals surface area contributed by atoms with Crippen LogP contribution in [-0.2, 0) is 22.6 Å². The van der Waals surface area contributed by atoms with Crippen LogP contribution < -0.4 is 0 Å². The lowest BCUT2D eigenvalue weighted by atomic mass is 9.88. The van der Waals surface area contributed by atoms with E-state index in [4.69, 9.17) is 26.6 Å². The summed E-state index contributed by atoms with van der Waals surface area (Å²) in [6.45, 7) is 7.08. The zero-order valence-corrected chi connectivity index (χ0v) is 23.8. The van der Waals surface area contributed by atoms with Crippen molar-refractivity contribution in [3.8, 4) is 0 Å². The fourth-order valence-corrected chi connectivity index (χ4v) is 5.81. The quantitative estimate of drug-likeness (QED) is 0.303. The van der Waals surface area contributed by atoms with Gasteiger partial charge in [0.2, 0.25) is 11.8 Å². The summed E-state index contributed by atoms with van der Waals surface area (Å²) in [6, 6.07) is 15.5. The third kappa shape index (κ3) is 9.66. The number of halogens is 1. The van der Waals surface area contributed by atoms with Crippen LogP contribution in [0.15, 0.2) is 42.5 Å². The molecule has 2 fully saturated rings. The predicted octanol–water partition coefficient (Wildman–Crippen LogP) is 7.10. The molecule has 2 aromatic carbocycles. The lowest BCUT2D eigenvalue weighted by Crippen LogP contribution is -2.32. The molecule has 8 heteroatoms. The number of hydrogen-bond donors (Lipinski definition) is 2. The second-order valence-corrected chi connectivity index (χ2v) is 11.2. The van der Waals surface area contributed by atoms with Crippen LogP contribution >= 0.6 is 11.6 Å². The van der Waals surface area contributed by atoms with Crippen LogP contribution in [0.5, 0.6) is 0 Å². The van der Waals surface area contributed by atoms with Crippen LogP contribution in [0.25, 0.3) is 0 Å². The van der Waals surface area contributed by atoms with Crippen molar-refractivity contribution in [1.82, 2.24) is 9.80 Å². The minimum atomic E-state index is -1.83. The molecule has 2 aromatic rings. The number of imide groups is 1. The number of likely N-dealkylation sites (tertiary alicyclic amines) is 1. The van der Waals surface area contributed by atoms with Crippen molar-refractivity contribution in [3.63, 3.8) is 0 Å². The zero-order chi connectivity index (χ0) is 28.4. The molecule has 0 bridgehead atoms. The second kappa shape index (κ2) is 15.0. The molecular weight excluding hydrogens is 516 g/mol. The van der Waals surface area contributed by atoms with Crippen molar-refractivity contribution >= 4 is 29.6 Å². The molecule has 7 nitrogen and oxygen atoms in total. The highest BCUT2D eigenvalue weighted by Gasteiger charge is 2.28. The molecule has 212 valence electrons. The normalized spacial score (nSPS) is 16.8. The van der Waals surface area contributed by atoms with Crippen LogP contribution in [0.2, 0.25) is 5.02 Å². The van der Waals surface area contributed by atoms with Crippen LogP contribution in [0, 0.1) is 12.8 Å². The molecule has 2 N–H and O–H groups in total. The maximum Gasteiger partial charge on any atom is 0.503 e. The van der Waals surface area contributed by atoms with E-state index in [1.165, 1.54) is 59.3 Å². The van der Waals surface area contributed by atoms with Gasteiger partial charge in [0.15, 0.2) is 0 Å². The first kappa shape index (κ1) is 30.6. The molecule has 2 amide bonds. The molecule has 39 heavy (non-hydrogen) atoms. The molecule has 0 aromatic heterocycles. The smallest absolute Gasteiger partial charge is 0.450 e. The third-order valence-corrected chi connectivity index (χ3v) is 8.14. The standard InChI is InChI=1S/C30H39ClN2O2.CH2O3/c1-22-19-25(10-11-26(22)9-6-18-33-29(34)16-17-30(33)35)21-32(20-24-7-4-3-5-8-24)23(2)27-12-14-28(31)15-13-27;2-1(3)4/h10-15,19,23-24H,3-9,16-18,20-21H2,1-2H3;(H2,2,3,4)/t23-;/m0./s1. The van der Waals surface area contributed by atoms with Crippen LogP contribution in [0.1, 0.15) is 86.6 Å². The number of amides is 2. The lowest BCUT2D eigenvalue weighted by molar-refractivity contribution is -0.138. The van der Waals surface area contributed by atoms with Crippen molar-refractivity contribution < 1.29 is 24.6 Å². The molecule has 4 rings (SSSR count). The predicted molar refractivity (Wildman–Crippen MR) is 153 cm³/mol. The van der Waals surface area contributed by atoms with E-state index in [-0.39, 0.29) is 11.8 Å². The van der Waals surface area contributed by atoms with Gasteiger partial charge in [0, 0.05) is 43.5 Å². The topological polar surface area (TPSA) is 98.2 Å². The Kier molecular flexibility index (Phi) is 11.8. The van der Waals surface area contributed by atoms with Crippen LogP contribution in [-0.4, -0.2) is 51.1 Å². The lowest BCUT2D eigenvalue weighted by Gasteiger charge is -2.34. The number of aryl methyl sites for hydroxylation is 2. The van der Waals surface area contributed by atoms with Gasteiger partial charge < -0.3 is 10.2 Å². The highest BCUT2D eigenvalue weighted by molar-refractivity contribution is 6.30. The first-order chi connectivity index (χ1) is 18.6. The molecule has 1 saturated heterocycles. The van der Waals surface area contributed by atoms with Gasteiger partial charge >= 0.3 is 6.16 Å². The van der Waals surface area contributed by atoms with Gasteiger partial charge in [-0.25, -0.2) is 4.79 Å². The van der Waals surface area contributed by atoms with Gasteiger partial charge in [-0.15, -0.1) is 0 Å². The highest BCUT2D eigenvalue weighted by atomic mass is 35.5. The van der Waals surface area contributed by atoms with E-state index in [0.29, 0.717) is 25.4 Å². The molecule has 1 atom stereocenters. The fraction of sp³-hybridized carbons (Fsp3) is 0.516. The number of hydrogen-bond acceptors (Lipinski definition) is 4. The molecule has 1 aliphatic carbocycles. The average Bonchev–Trinajstić information content (AvgIpc) is 3.22. The zero-order valence-electron chi connectivity index (χ0n) is 23.1. The number of benzene rings is 2. The van der Waals surface area contributed by atoms with Crippen LogP contribution in [0.3, 0.4) is 0 Å². The van der Waals surface area contributed by atoms with E-state index in [1.54, 1.807) is 0 Å². The molecule has 0 spiro atoms. The SMILES string of the molecule is Cc1cc(CN(CC2CCCCC2)[C@@H](C)c2ccc(Cl)cc2)ccc1CCCN1C(=O)CCC1=O.O=C(O)O. The van der Waals surface area contributed by atoms with Crippen molar-refractivity contribution in [3.05, 3.63) is 69.7 Å². The minimum Gasteiger partial charge on any atom is -0.450 e. The maximum absolute atomic E-state index is 11.9. The van der Waals surface area contributed by atoms with E-state index in [0.717, 1.165) is 36.9 Å². The Morgan fingerprint density at radius 1 is 1.03 bits per heavy atom. The Morgan fingerprint density at radius 3 is 2.23 bits per heavy atom. The Labute approximate surface area is 236 Å². The molecule has 0 unspecified atom stereocenters. The Morgan fingerprint density at radius 2 is 1.64 bits per heavy atom. The average molecular weight is 557 g/mol. The van der Waals surface area contributed by atoms with Crippen LogP contribution in [0.4, 0.5) is 4.79 Å². The highest BCUT2D eigenvalue weighted by Crippen LogP contribution is 2.30. The first-order valence-electron chi connectivity index (χ1n) is 14.0. The monoisotopic (exact) mass is 556 g/mol. The summed E-state index contributed by atoms with van der Waals surface area (Å²) in [6.07, 6.45) is 7.38. The van der Waals surface area contributed by atoms with Crippen molar-refractivity contribution in [1.29, 1.82) is 0 Å². The Balaban J connectivity index is 0.000000983. The second-order valence-electron chi connectivity index (χ2n) is 10.7. The number of nitrogens with zero attached hydrogens (tertiary/aromatic N) is 2. The van der Waals surface area contributed by atoms with Gasteiger partial charge in [-0.1, -0.05) is 61.2 Å². The van der Waals surface area contributed by atoms with Gasteiger partial charge in [-0.3, -0.25) is 19.4 Å². The van der Waals surface area contributed by atoms with E-state index in [2.05, 4.69) is 49.1 Å². The molecule has 0 radical (unpaired) electrons. The molecular formula is C31H41ClN2O5. The largest absolute Gasteiger partial charge is 0.503 e. The summed E-state index contributed by atoms with van der Waals surface area (Å²) in [4.78, 5) is 36.3. The van der Waals surface area contributed by atoms with E-state index in [1.807, 2.05) is 12.1 Å². The maximum atomic E-state index is 11.9. The number of carbonyl (C=O) groups excluding carboxylic acids is 2. The third-order valence-electron chi connectivity index (χ3n) is 7.89. The van der Waals surface area contributed by atoms with E-state index in [9.17, 15) is 9.59 Å². The number of carbonyl (C=O) groups is 3. The number of carboxylic acid groups (broad SMARTS) is 2. The van der Waals surface area contributed by atoms with Gasteiger partial charge in [0.05, 0.1) is 0 Å². The summed E-state index contributed by atoms with van der Waals surface area (Å²) < 4.78 is 0. The Hall–Kier alpha value is -2.90. The summed E-state index contributed by atoms with van der Waals surface area (Å²) in [5, 5.41) is 14.7. The molecule has 1 saturated carbocycles. The summed E-state index contributed by atoms with van der Waals surface area (Å²) >= 11 is 6.15.